The molecular weight excluding hydrogens is 388 g/mol. The van der Waals surface area contributed by atoms with E-state index in [2.05, 4.69) is 22.7 Å². The van der Waals surface area contributed by atoms with Crippen LogP contribution in [-0.4, -0.2) is 28.8 Å². The van der Waals surface area contributed by atoms with Crippen LogP contribution in [0.15, 0.2) is 54.6 Å². The van der Waals surface area contributed by atoms with Crippen LogP contribution in [0.2, 0.25) is 5.02 Å². The Kier molecular flexibility index (Phi) is 5.83. The van der Waals surface area contributed by atoms with Crippen molar-refractivity contribution in [1.29, 1.82) is 0 Å². The van der Waals surface area contributed by atoms with Gasteiger partial charge in [-0.1, -0.05) is 42.8 Å². The minimum atomic E-state index is -0.125. The lowest BCUT2D eigenvalue weighted by Gasteiger charge is -2.25. The summed E-state index contributed by atoms with van der Waals surface area (Å²) in [6.07, 6.45) is 0.862. The highest BCUT2D eigenvalue weighted by Crippen LogP contribution is 2.24. The van der Waals surface area contributed by atoms with E-state index in [1.807, 2.05) is 54.6 Å². The molecule has 0 bridgehead atoms. The number of amides is 1. The highest BCUT2D eigenvalue weighted by atomic mass is 35.5. The number of nitrogens with zero attached hydrogens (tertiary/aromatic N) is 2. The van der Waals surface area contributed by atoms with Gasteiger partial charge in [-0.3, -0.25) is 10.1 Å². The van der Waals surface area contributed by atoms with Gasteiger partial charge in [0.25, 0.3) is 5.91 Å². The Morgan fingerprint density at radius 1 is 1.21 bits per heavy atom. The van der Waals surface area contributed by atoms with E-state index in [0.29, 0.717) is 23.8 Å². The molecule has 0 spiro atoms. The van der Waals surface area contributed by atoms with Gasteiger partial charge in [0.2, 0.25) is 0 Å². The van der Waals surface area contributed by atoms with Gasteiger partial charge in [-0.05, 0) is 42.3 Å². The molecule has 1 aliphatic heterocycles. The number of rotatable bonds is 7. The van der Waals surface area contributed by atoms with Crippen molar-refractivity contribution >= 4 is 17.5 Å². The van der Waals surface area contributed by atoms with E-state index in [4.69, 9.17) is 16.3 Å². The van der Waals surface area contributed by atoms with Crippen LogP contribution in [0.25, 0.3) is 11.3 Å². The molecule has 2 aromatic carbocycles. The van der Waals surface area contributed by atoms with Gasteiger partial charge in [0.1, 0.15) is 17.6 Å². The first-order valence-corrected chi connectivity index (χ1v) is 10.1. The third-order valence-electron chi connectivity index (χ3n) is 4.80. The molecule has 7 heteroatoms. The molecule has 0 saturated heterocycles. The van der Waals surface area contributed by atoms with Crippen LogP contribution in [0.3, 0.4) is 0 Å². The molecule has 1 atom stereocenters. The Morgan fingerprint density at radius 3 is 2.69 bits per heavy atom. The highest BCUT2D eigenvalue weighted by molar-refractivity contribution is 6.30. The van der Waals surface area contributed by atoms with E-state index in [9.17, 15) is 4.79 Å². The molecule has 1 aromatic heterocycles. The van der Waals surface area contributed by atoms with Gasteiger partial charge in [0.05, 0.1) is 18.8 Å². The number of halogens is 1. The maximum Gasteiger partial charge on any atom is 0.269 e. The monoisotopic (exact) mass is 410 g/mol. The van der Waals surface area contributed by atoms with E-state index in [1.54, 1.807) is 4.68 Å². The molecule has 29 heavy (non-hydrogen) atoms. The summed E-state index contributed by atoms with van der Waals surface area (Å²) in [5.41, 5.74) is 3.35. The number of nitrogens with one attached hydrogen (secondary N) is 2. The Labute approximate surface area is 174 Å². The minimum absolute atomic E-state index is 0.117. The molecule has 2 heterocycles. The van der Waals surface area contributed by atoms with Crippen LogP contribution in [0.1, 0.15) is 35.6 Å². The van der Waals surface area contributed by atoms with Crippen LogP contribution < -0.4 is 15.4 Å². The van der Waals surface area contributed by atoms with Crippen molar-refractivity contribution < 1.29 is 9.53 Å². The molecule has 0 fully saturated rings. The van der Waals surface area contributed by atoms with Crippen molar-refractivity contribution in [2.45, 2.75) is 26.1 Å². The van der Waals surface area contributed by atoms with Crippen molar-refractivity contribution in [2.24, 2.45) is 0 Å². The average molecular weight is 411 g/mol. The summed E-state index contributed by atoms with van der Waals surface area (Å²) in [5, 5.41) is 11.7. The summed E-state index contributed by atoms with van der Waals surface area (Å²) in [4.78, 5) is 12.3. The lowest BCUT2D eigenvalue weighted by atomic mass is 10.1. The maximum atomic E-state index is 12.3. The third kappa shape index (κ3) is 4.44. The van der Waals surface area contributed by atoms with E-state index < -0.39 is 0 Å². The van der Waals surface area contributed by atoms with E-state index in [0.717, 1.165) is 35.6 Å². The Bertz CT molecular complexity index is 983. The molecule has 2 N–H and O–H groups in total. The van der Waals surface area contributed by atoms with Crippen LogP contribution in [0.4, 0.5) is 0 Å². The molecule has 0 aliphatic carbocycles. The first-order chi connectivity index (χ1) is 14.1. The molecule has 1 amide bonds. The summed E-state index contributed by atoms with van der Waals surface area (Å²) in [6.45, 7) is 3.94. The minimum Gasteiger partial charge on any atom is -0.494 e. The fraction of sp³-hybridized carbons (Fsp3) is 0.273. The zero-order chi connectivity index (χ0) is 20.2. The van der Waals surface area contributed by atoms with Crippen molar-refractivity contribution in [3.05, 3.63) is 70.9 Å². The average Bonchev–Trinajstić information content (AvgIpc) is 3.19. The van der Waals surface area contributed by atoms with E-state index in [-0.39, 0.29) is 12.1 Å². The first-order valence-electron chi connectivity index (χ1n) is 9.73. The summed E-state index contributed by atoms with van der Waals surface area (Å²) >= 11 is 5.97. The summed E-state index contributed by atoms with van der Waals surface area (Å²) in [6, 6.07) is 17.3. The number of hydrogen-bond acceptors (Lipinski definition) is 4. The molecule has 4 rings (SSSR count). The van der Waals surface area contributed by atoms with Crippen LogP contribution in [0, 0.1) is 0 Å². The Morgan fingerprint density at radius 2 is 1.97 bits per heavy atom. The number of hydrogen-bond donors (Lipinski definition) is 2. The molecule has 150 valence electrons. The molecule has 0 unspecified atom stereocenters. The smallest absolute Gasteiger partial charge is 0.269 e. The molecular formula is C22H23ClN4O2. The highest BCUT2D eigenvalue weighted by Gasteiger charge is 2.27. The second-order valence-electron chi connectivity index (χ2n) is 6.97. The second-order valence-corrected chi connectivity index (χ2v) is 7.40. The van der Waals surface area contributed by atoms with Crippen LogP contribution in [0.5, 0.6) is 5.75 Å². The summed E-state index contributed by atoms with van der Waals surface area (Å²) in [7, 11) is 0. The first kappa shape index (κ1) is 19.5. The number of benzene rings is 2. The molecule has 3 aromatic rings. The van der Waals surface area contributed by atoms with Crippen molar-refractivity contribution in [3.8, 4) is 17.0 Å². The molecule has 6 nitrogen and oxygen atoms in total. The summed E-state index contributed by atoms with van der Waals surface area (Å²) in [5.74, 6) is 0.760. The van der Waals surface area contributed by atoms with E-state index in [1.165, 1.54) is 0 Å². The third-order valence-corrected chi connectivity index (χ3v) is 5.05. The van der Waals surface area contributed by atoms with Crippen molar-refractivity contribution in [2.75, 3.05) is 13.2 Å². The zero-order valence-corrected chi connectivity index (χ0v) is 16.9. The van der Waals surface area contributed by atoms with Crippen molar-refractivity contribution in [1.82, 2.24) is 20.4 Å². The van der Waals surface area contributed by atoms with Gasteiger partial charge in [0.15, 0.2) is 0 Å². The van der Waals surface area contributed by atoms with Gasteiger partial charge in [-0.2, -0.15) is 5.10 Å². The topological polar surface area (TPSA) is 68.2 Å². The number of ether oxygens (including phenoxy) is 1. The quantitative estimate of drug-likeness (QED) is 0.617. The van der Waals surface area contributed by atoms with Gasteiger partial charge in [-0.15, -0.1) is 0 Å². The molecule has 1 aliphatic rings. The lowest BCUT2D eigenvalue weighted by molar-refractivity contribution is 0.0900. The molecule has 0 radical (unpaired) electrons. The molecule has 0 saturated carbocycles. The fourth-order valence-electron chi connectivity index (χ4n) is 3.25. The predicted molar refractivity (Wildman–Crippen MR) is 113 cm³/mol. The Hall–Kier alpha value is -2.83. The number of aromatic nitrogens is 2. The maximum absolute atomic E-state index is 12.3. The van der Waals surface area contributed by atoms with E-state index >= 15 is 0 Å². The van der Waals surface area contributed by atoms with Gasteiger partial charge in [0, 0.05) is 17.1 Å². The standard InChI is InChI=1S/C22H23ClN4O2/c1-2-11-29-18-9-3-15(4-10-18)13-24-21-14-25-22(28)20-12-19(26-27(20)21)16-5-7-17(23)8-6-16/h3-10,12,21,24H,2,11,13-14H2,1H3,(H,25,28)/t21-/m0/s1. The van der Waals surface area contributed by atoms with Gasteiger partial charge >= 0.3 is 0 Å². The fourth-order valence-corrected chi connectivity index (χ4v) is 3.37. The number of carbonyl (C=O) groups excluding carboxylic acids is 1. The van der Waals surface area contributed by atoms with Crippen LogP contribution >= 0.6 is 11.6 Å². The zero-order valence-electron chi connectivity index (χ0n) is 16.2. The largest absolute Gasteiger partial charge is 0.494 e. The normalized spacial score (nSPS) is 15.7. The van der Waals surface area contributed by atoms with Gasteiger partial charge in [-0.25, -0.2) is 4.68 Å². The summed E-state index contributed by atoms with van der Waals surface area (Å²) < 4.78 is 7.39. The SMILES string of the molecule is CCCOc1ccc(CN[C@@H]2CNC(=O)c3cc(-c4ccc(Cl)cc4)nn32)cc1. The lowest BCUT2D eigenvalue weighted by Crippen LogP contribution is -2.45. The Balaban J connectivity index is 1.48. The van der Waals surface area contributed by atoms with Crippen molar-refractivity contribution in [3.63, 3.8) is 0 Å². The number of carbonyl (C=O) groups is 1. The van der Waals surface area contributed by atoms with Gasteiger partial charge < -0.3 is 10.1 Å². The van der Waals surface area contributed by atoms with Crippen LogP contribution in [-0.2, 0) is 6.54 Å². The number of fused-ring (bicyclic) bond motifs is 1. The second kappa shape index (κ2) is 8.68. The predicted octanol–water partition coefficient (Wildman–Crippen LogP) is 4.02.